The zero-order valence-electron chi connectivity index (χ0n) is 10.1. The van der Waals surface area contributed by atoms with Gasteiger partial charge in [-0.3, -0.25) is 4.79 Å². The van der Waals surface area contributed by atoms with E-state index in [-0.39, 0.29) is 11.5 Å². The van der Waals surface area contributed by atoms with Crippen LogP contribution in [-0.4, -0.2) is 9.97 Å². The lowest BCUT2D eigenvalue weighted by Crippen LogP contribution is -2.18. The Morgan fingerprint density at radius 2 is 2.07 bits per heavy atom. The maximum absolute atomic E-state index is 11.6. The van der Waals surface area contributed by atoms with Crippen LogP contribution in [0, 0.1) is 6.92 Å². The Kier molecular flexibility index (Phi) is 4.06. The summed E-state index contributed by atoms with van der Waals surface area (Å²) in [6, 6.07) is 0. The summed E-state index contributed by atoms with van der Waals surface area (Å²) < 4.78 is 0. The Morgan fingerprint density at radius 1 is 1.40 bits per heavy atom. The second-order valence-electron chi connectivity index (χ2n) is 4.28. The van der Waals surface area contributed by atoms with Crippen LogP contribution in [0.1, 0.15) is 56.6 Å². The summed E-state index contributed by atoms with van der Waals surface area (Å²) in [5, 5.41) is 0. The van der Waals surface area contributed by atoms with Gasteiger partial charge in [0.1, 0.15) is 5.82 Å². The van der Waals surface area contributed by atoms with Gasteiger partial charge in [0.15, 0.2) is 0 Å². The van der Waals surface area contributed by atoms with Crippen LogP contribution in [0.5, 0.6) is 0 Å². The number of aryl methyl sites for hydroxylation is 1. The van der Waals surface area contributed by atoms with Crippen LogP contribution in [0.3, 0.4) is 0 Å². The monoisotopic (exact) mass is 208 g/mol. The molecule has 3 heteroatoms. The second kappa shape index (κ2) is 5.10. The van der Waals surface area contributed by atoms with Gasteiger partial charge in [-0.1, -0.05) is 27.2 Å². The summed E-state index contributed by atoms with van der Waals surface area (Å²) in [7, 11) is 0. The van der Waals surface area contributed by atoms with E-state index in [4.69, 9.17) is 0 Å². The molecule has 0 aliphatic rings. The average Bonchev–Trinajstić information content (AvgIpc) is 2.19. The van der Waals surface area contributed by atoms with Crippen LogP contribution in [0.15, 0.2) is 4.79 Å². The molecule has 0 aliphatic heterocycles. The van der Waals surface area contributed by atoms with Crippen LogP contribution in [0.2, 0.25) is 0 Å². The number of nitrogens with zero attached hydrogens (tertiary/aromatic N) is 1. The lowest BCUT2D eigenvalue weighted by atomic mass is 10.1. The molecule has 0 amide bonds. The summed E-state index contributed by atoms with van der Waals surface area (Å²) in [6.45, 7) is 8.07. The number of hydrogen-bond donors (Lipinski definition) is 1. The van der Waals surface area contributed by atoms with Gasteiger partial charge in [0.25, 0.3) is 5.56 Å². The van der Waals surface area contributed by atoms with Crippen molar-refractivity contribution in [3.05, 3.63) is 27.4 Å². The quantitative estimate of drug-likeness (QED) is 0.826. The Morgan fingerprint density at radius 3 is 2.60 bits per heavy atom. The zero-order valence-corrected chi connectivity index (χ0v) is 10.1. The summed E-state index contributed by atoms with van der Waals surface area (Å²) >= 11 is 0. The number of hydrogen-bond acceptors (Lipinski definition) is 2. The SMILES string of the molecule is CCCCc1nc(C(C)C)[nH]c(=O)c1C. The fraction of sp³-hybridized carbons (Fsp3) is 0.667. The van der Waals surface area contributed by atoms with Crippen molar-refractivity contribution in [2.75, 3.05) is 0 Å². The third kappa shape index (κ3) is 2.91. The van der Waals surface area contributed by atoms with E-state index in [1.165, 1.54) is 0 Å². The van der Waals surface area contributed by atoms with Crippen molar-refractivity contribution in [1.29, 1.82) is 0 Å². The number of H-pyrrole nitrogens is 1. The largest absolute Gasteiger partial charge is 0.310 e. The standard InChI is InChI=1S/C12H20N2O/c1-5-6-7-10-9(4)12(15)14-11(13-10)8(2)3/h8H,5-7H2,1-4H3,(H,13,14,15). The van der Waals surface area contributed by atoms with Gasteiger partial charge in [-0.05, 0) is 19.8 Å². The number of aromatic amines is 1. The van der Waals surface area contributed by atoms with Crippen molar-refractivity contribution in [3.8, 4) is 0 Å². The van der Waals surface area contributed by atoms with E-state index in [0.717, 1.165) is 36.3 Å². The van der Waals surface area contributed by atoms with E-state index in [1.54, 1.807) is 0 Å². The maximum atomic E-state index is 11.6. The molecule has 1 aromatic rings. The first kappa shape index (κ1) is 12.0. The van der Waals surface area contributed by atoms with E-state index in [9.17, 15) is 4.79 Å². The maximum Gasteiger partial charge on any atom is 0.254 e. The fourth-order valence-corrected chi connectivity index (χ4v) is 1.46. The molecule has 0 spiro atoms. The van der Waals surface area contributed by atoms with Crippen LogP contribution < -0.4 is 5.56 Å². The highest BCUT2D eigenvalue weighted by Gasteiger charge is 2.09. The third-order valence-electron chi connectivity index (χ3n) is 2.58. The molecule has 0 saturated heterocycles. The van der Waals surface area contributed by atoms with Gasteiger partial charge in [-0.25, -0.2) is 4.98 Å². The lowest BCUT2D eigenvalue weighted by Gasteiger charge is -2.09. The second-order valence-corrected chi connectivity index (χ2v) is 4.28. The minimum atomic E-state index is 0.0137. The van der Waals surface area contributed by atoms with Crippen LogP contribution in [-0.2, 0) is 6.42 Å². The van der Waals surface area contributed by atoms with E-state index < -0.39 is 0 Å². The molecule has 0 atom stereocenters. The molecule has 0 fully saturated rings. The third-order valence-corrected chi connectivity index (χ3v) is 2.58. The predicted molar refractivity (Wildman–Crippen MR) is 62.3 cm³/mol. The van der Waals surface area contributed by atoms with Crippen molar-refractivity contribution in [1.82, 2.24) is 9.97 Å². The van der Waals surface area contributed by atoms with E-state index in [2.05, 4.69) is 16.9 Å². The van der Waals surface area contributed by atoms with Gasteiger partial charge in [0.2, 0.25) is 0 Å². The van der Waals surface area contributed by atoms with Crippen LogP contribution in [0.25, 0.3) is 0 Å². The molecule has 3 nitrogen and oxygen atoms in total. The summed E-state index contributed by atoms with van der Waals surface area (Å²) in [6.07, 6.45) is 3.13. The van der Waals surface area contributed by atoms with Crippen molar-refractivity contribution in [2.45, 2.75) is 52.9 Å². The number of nitrogens with one attached hydrogen (secondary N) is 1. The Balaban J connectivity index is 3.08. The lowest BCUT2D eigenvalue weighted by molar-refractivity contribution is 0.713. The number of unbranched alkanes of at least 4 members (excludes halogenated alkanes) is 1. The van der Waals surface area contributed by atoms with Crippen molar-refractivity contribution >= 4 is 0 Å². The molecule has 1 aromatic heterocycles. The highest BCUT2D eigenvalue weighted by Crippen LogP contribution is 2.10. The highest BCUT2D eigenvalue weighted by atomic mass is 16.1. The average molecular weight is 208 g/mol. The number of rotatable bonds is 4. The van der Waals surface area contributed by atoms with Crippen molar-refractivity contribution in [2.24, 2.45) is 0 Å². The number of aromatic nitrogens is 2. The first-order valence-corrected chi connectivity index (χ1v) is 5.66. The van der Waals surface area contributed by atoms with Crippen molar-refractivity contribution < 1.29 is 0 Å². The molecule has 0 aliphatic carbocycles. The molecule has 1 N–H and O–H groups in total. The fourth-order valence-electron chi connectivity index (χ4n) is 1.46. The van der Waals surface area contributed by atoms with Crippen molar-refractivity contribution in [3.63, 3.8) is 0 Å². The van der Waals surface area contributed by atoms with E-state index >= 15 is 0 Å². The highest BCUT2D eigenvalue weighted by molar-refractivity contribution is 5.17. The molecular formula is C12H20N2O. The van der Waals surface area contributed by atoms with Crippen LogP contribution in [0.4, 0.5) is 0 Å². The molecular weight excluding hydrogens is 188 g/mol. The minimum absolute atomic E-state index is 0.0137. The molecule has 0 radical (unpaired) electrons. The Bertz CT molecular complexity index is 380. The van der Waals surface area contributed by atoms with Gasteiger partial charge in [-0.15, -0.1) is 0 Å². The van der Waals surface area contributed by atoms with E-state index in [0.29, 0.717) is 0 Å². The molecule has 0 unspecified atom stereocenters. The van der Waals surface area contributed by atoms with Gasteiger partial charge in [0, 0.05) is 11.5 Å². The Hall–Kier alpha value is -1.12. The summed E-state index contributed by atoms with van der Waals surface area (Å²) in [5.74, 6) is 1.08. The predicted octanol–water partition coefficient (Wildman–Crippen LogP) is 2.54. The minimum Gasteiger partial charge on any atom is -0.310 e. The smallest absolute Gasteiger partial charge is 0.254 e. The molecule has 84 valence electrons. The van der Waals surface area contributed by atoms with Gasteiger partial charge in [0.05, 0.1) is 5.69 Å². The molecule has 1 rings (SSSR count). The molecule has 0 saturated carbocycles. The summed E-state index contributed by atoms with van der Waals surface area (Å²) in [4.78, 5) is 19.0. The van der Waals surface area contributed by atoms with Gasteiger partial charge in [-0.2, -0.15) is 0 Å². The first-order chi connectivity index (χ1) is 7.06. The Labute approximate surface area is 91.0 Å². The first-order valence-electron chi connectivity index (χ1n) is 5.66. The molecule has 1 heterocycles. The molecule has 0 bridgehead atoms. The topological polar surface area (TPSA) is 45.8 Å². The zero-order chi connectivity index (χ0) is 11.4. The van der Waals surface area contributed by atoms with Gasteiger partial charge >= 0.3 is 0 Å². The van der Waals surface area contributed by atoms with Crippen LogP contribution >= 0.6 is 0 Å². The van der Waals surface area contributed by atoms with E-state index in [1.807, 2.05) is 20.8 Å². The normalized spacial score (nSPS) is 11.0. The molecule has 15 heavy (non-hydrogen) atoms. The molecule has 0 aromatic carbocycles. The van der Waals surface area contributed by atoms with Gasteiger partial charge < -0.3 is 4.98 Å². The summed E-state index contributed by atoms with van der Waals surface area (Å²) in [5.41, 5.74) is 1.75.